The molecule has 2 rings (SSSR count). The van der Waals surface area contributed by atoms with E-state index in [2.05, 4.69) is 16.7 Å². The van der Waals surface area contributed by atoms with Crippen LogP contribution < -0.4 is 0 Å². The standard InChI is InChI=1S/C16H20FNO2/c1-16(20)6-8-18(9-7-16)12-13-4-5-15(17)14(11-13)3-2-10-19/h4-5,11,19-20H,6-10,12H2,1H3. The summed E-state index contributed by atoms with van der Waals surface area (Å²) in [4.78, 5) is 2.24. The van der Waals surface area contributed by atoms with E-state index in [1.54, 1.807) is 12.1 Å². The highest BCUT2D eigenvalue weighted by molar-refractivity contribution is 5.38. The Bertz CT molecular complexity index is 521. The van der Waals surface area contributed by atoms with Gasteiger partial charge in [0.1, 0.15) is 12.4 Å². The Kier molecular flexibility index (Phi) is 4.77. The number of halogens is 1. The predicted molar refractivity (Wildman–Crippen MR) is 75.5 cm³/mol. The monoisotopic (exact) mass is 277 g/mol. The van der Waals surface area contributed by atoms with Crippen LogP contribution in [0.3, 0.4) is 0 Å². The molecule has 0 unspecified atom stereocenters. The van der Waals surface area contributed by atoms with E-state index in [4.69, 9.17) is 5.11 Å². The van der Waals surface area contributed by atoms with Crippen molar-refractivity contribution in [2.24, 2.45) is 0 Å². The largest absolute Gasteiger partial charge is 0.390 e. The molecule has 0 spiro atoms. The molecule has 1 aliphatic rings. The van der Waals surface area contributed by atoms with Crippen LogP contribution in [0.2, 0.25) is 0 Å². The first kappa shape index (κ1) is 15.0. The zero-order chi connectivity index (χ0) is 14.6. The van der Waals surface area contributed by atoms with Crippen LogP contribution in [-0.2, 0) is 6.54 Å². The molecule has 0 atom stereocenters. The fourth-order valence-corrected chi connectivity index (χ4v) is 2.35. The van der Waals surface area contributed by atoms with Crippen molar-refractivity contribution in [1.29, 1.82) is 0 Å². The van der Waals surface area contributed by atoms with Gasteiger partial charge in [0.05, 0.1) is 11.2 Å². The second kappa shape index (κ2) is 6.36. The van der Waals surface area contributed by atoms with Crippen molar-refractivity contribution < 1.29 is 14.6 Å². The van der Waals surface area contributed by atoms with Crippen molar-refractivity contribution in [3.05, 3.63) is 35.1 Å². The number of benzene rings is 1. The first-order chi connectivity index (χ1) is 9.50. The van der Waals surface area contributed by atoms with Crippen LogP contribution in [0.1, 0.15) is 30.9 Å². The number of piperidine rings is 1. The van der Waals surface area contributed by atoms with Gasteiger partial charge in [0.2, 0.25) is 0 Å². The van der Waals surface area contributed by atoms with Gasteiger partial charge in [-0.2, -0.15) is 0 Å². The number of likely N-dealkylation sites (tertiary alicyclic amines) is 1. The number of rotatable bonds is 2. The number of hydrogen-bond donors (Lipinski definition) is 2. The smallest absolute Gasteiger partial charge is 0.138 e. The van der Waals surface area contributed by atoms with Gasteiger partial charge in [0, 0.05) is 19.6 Å². The van der Waals surface area contributed by atoms with Crippen LogP contribution in [0, 0.1) is 17.7 Å². The number of hydrogen-bond acceptors (Lipinski definition) is 3. The fourth-order valence-electron chi connectivity index (χ4n) is 2.35. The molecule has 1 aliphatic heterocycles. The van der Waals surface area contributed by atoms with Crippen LogP contribution in [0.4, 0.5) is 4.39 Å². The molecule has 3 nitrogen and oxygen atoms in total. The summed E-state index contributed by atoms with van der Waals surface area (Å²) in [5, 5.41) is 18.6. The number of aliphatic hydroxyl groups is 2. The molecule has 1 fully saturated rings. The average molecular weight is 277 g/mol. The summed E-state index contributed by atoms with van der Waals surface area (Å²) < 4.78 is 13.5. The Morgan fingerprint density at radius 3 is 2.70 bits per heavy atom. The molecule has 0 aliphatic carbocycles. The van der Waals surface area contributed by atoms with Crippen LogP contribution in [0.5, 0.6) is 0 Å². The first-order valence-electron chi connectivity index (χ1n) is 6.83. The maximum atomic E-state index is 13.5. The van der Waals surface area contributed by atoms with Gasteiger partial charge in [-0.15, -0.1) is 0 Å². The molecular formula is C16H20FNO2. The van der Waals surface area contributed by atoms with Gasteiger partial charge in [0.25, 0.3) is 0 Å². The van der Waals surface area contributed by atoms with Crippen LogP contribution in [-0.4, -0.2) is 40.4 Å². The summed E-state index contributed by atoms with van der Waals surface area (Å²) in [6.45, 7) is 3.99. The molecule has 0 bridgehead atoms. The Balaban J connectivity index is 2.03. The minimum atomic E-state index is -0.558. The maximum absolute atomic E-state index is 13.5. The second-order valence-electron chi connectivity index (χ2n) is 5.55. The van der Waals surface area contributed by atoms with E-state index in [9.17, 15) is 9.50 Å². The van der Waals surface area contributed by atoms with E-state index in [-0.39, 0.29) is 12.4 Å². The maximum Gasteiger partial charge on any atom is 0.138 e. The Hall–Kier alpha value is -1.41. The summed E-state index contributed by atoms with van der Waals surface area (Å²) in [6, 6.07) is 4.90. The zero-order valence-corrected chi connectivity index (χ0v) is 11.7. The third-order valence-corrected chi connectivity index (χ3v) is 3.67. The minimum absolute atomic E-state index is 0.273. The van der Waals surface area contributed by atoms with Crippen molar-refractivity contribution in [2.75, 3.05) is 19.7 Å². The highest BCUT2D eigenvalue weighted by Crippen LogP contribution is 2.22. The first-order valence-corrected chi connectivity index (χ1v) is 6.83. The van der Waals surface area contributed by atoms with E-state index in [0.717, 1.165) is 38.0 Å². The van der Waals surface area contributed by atoms with E-state index < -0.39 is 5.60 Å². The molecule has 4 heteroatoms. The third kappa shape index (κ3) is 4.04. The lowest BCUT2D eigenvalue weighted by Gasteiger charge is -2.35. The molecule has 0 saturated carbocycles. The van der Waals surface area contributed by atoms with Gasteiger partial charge in [-0.3, -0.25) is 4.90 Å². The van der Waals surface area contributed by atoms with Crippen molar-refractivity contribution in [2.45, 2.75) is 31.9 Å². The molecule has 1 aromatic rings. The molecule has 1 saturated heterocycles. The second-order valence-corrected chi connectivity index (χ2v) is 5.55. The molecule has 1 heterocycles. The summed E-state index contributed by atoms with van der Waals surface area (Å²) in [7, 11) is 0. The molecule has 0 amide bonds. The minimum Gasteiger partial charge on any atom is -0.390 e. The molecule has 2 N–H and O–H groups in total. The van der Waals surface area contributed by atoms with E-state index in [1.165, 1.54) is 6.07 Å². The van der Waals surface area contributed by atoms with Crippen molar-refractivity contribution in [3.8, 4) is 11.8 Å². The Labute approximate surface area is 119 Å². The van der Waals surface area contributed by atoms with Gasteiger partial charge in [-0.1, -0.05) is 17.9 Å². The summed E-state index contributed by atoms with van der Waals surface area (Å²) in [5.74, 6) is 4.72. The molecule has 1 aromatic carbocycles. The van der Waals surface area contributed by atoms with Gasteiger partial charge >= 0.3 is 0 Å². The lowest BCUT2D eigenvalue weighted by molar-refractivity contribution is -0.00730. The van der Waals surface area contributed by atoms with E-state index >= 15 is 0 Å². The third-order valence-electron chi connectivity index (χ3n) is 3.67. The van der Waals surface area contributed by atoms with Crippen LogP contribution in [0.15, 0.2) is 18.2 Å². The number of aliphatic hydroxyl groups excluding tert-OH is 1. The molecule has 108 valence electrons. The lowest BCUT2D eigenvalue weighted by Crippen LogP contribution is -2.41. The van der Waals surface area contributed by atoms with Gasteiger partial charge in [-0.25, -0.2) is 4.39 Å². The highest BCUT2D eigenvalue weighted by Gasteiger charge is 2.27. The van der Waals surface area contributed by atoms with Gasteiger partial charge in [0.15, 0.2) is 0 Å². The molecule has 0 aromatic heterocycles. The van der Waals surface area contributed by atoms with Gasteiger partial charge in [-0.05, 0) is 37.5 Å². The molecule has 0 radical (unpaired) electrons. The van der Waals surface area contributed by atoms with Crippen molar-refractivity contribution >= 4 is 0 Å². The molecule has 20 heavy (non-hydrogen) atoms. The zero-order valence-electron chi connectivity index (χ0n) is 11.7. The SMILES string of the molecule is CC1(O)CCN(Cc2ccc(F)c(C#CCO)c2)CC1. The van der Waals surface area contributed by atoms with E-state index in [1.807, 2.05) is 6.92 Å². The van der Waals surface area contributed by atoms with Crippen LogP contribution in [0.25, 0.3) is 0 Å². The Morgan fingerprint density at radius 1 is 1.35 bits per heavy atom. The van der Waals surface area contributed by atoms with Crippen molar-refractivity contribution in [1.82, 2.24) is 4.90 Å². The van der Waals surface area contributed by atoms with Crippen LogP contribution >= 0.6 is 0 Å². The summed E-state index contributed by atoms with van der Waals surface area (Å²) in [5.41, 5.74) is 0.757. The molecular weight excluding hydrogens is 257 g/mol. The lowest BCUT2D eigenvalue weighted by atomic mass is 9.93. The fraction of sp³-hybridized carbons (Fsp3) is 0.500. The average Bonchev–Trinajstić information content (AvgIpc) is 2.42. The summed E-state index contributed by atoms with van der Waals surface area (Å²) >= 11 is 0. The Morgan fingerprint density at radius 2 is 2.05 bits per heavy atom. The topological polar surface area (TPSA) is 43.7 Å². The highest BCUT2D eigenvalue weighted by atomic mass is 19.1. The summed E-state index contributed by atoms with van der Waals surface area (Å²) in [6.07, 6.45) is 1.51. The van der Waals surface area contributed by atoms with E-state index in [0.29, 0.717) is 5.56 Å². The van der Waals surface area contributed by atoms with Crippen molar-refractivity contribution in [3.63, 3.8) is 0 Å². The number of nitrogens with zero attached hydrogens (tertiary/aromatic N) is 1. The quantitative estimate of drug-likeness (QED) is 0.806. The predicted octanol–water partition coefficient (Wildman–Crippen LogP) is 1.52. The van der Waals surface area contributed by atoms with Gasteiger partial charge < -0.3 is 10.2 Å². The normalized spacial score (nSPS) is 18.4.